The molecule has 1 heterocycles. The first-order valence-corrected chi connectivity index (χ1v) is 6.92. The predicted molar refractivity (Wildman–Crippen MR) is 78.6 cm³/mol. The summed E-state index contributed by atoms with van der Waals surface area (Å²) in [5.41, 5.74) is 6.46. The maximum absolute atomic E-state index is 7.31. The van der Waals surface area contributed by atoms with Crippen molar-refractivity contribution in [2.24, 2.45) is 11.7 Å². The van der Waals surface area contributed by atoms with Gasteiger partial charge in [-0.25, -0.2) is 0 Å². The van der Waals surface area contributed by atoms with Gasteiger partial charge in [0.05, 0.1) is 11.5 Å². The first kappa shape index (κ1) is 15.1. The van der Waals surface area contributed by atoms with Crippen molar-refractivity contribution in [3.63, 3.8) is 0 Å². The molecule has 100 valence electrons. The van der Waals surface area contributed by atoms with Crippen LogP contribution < -0.4 is 5.73 Å². The monoisotopic (exact) mass is 312 g/mol. The van der Waals surface area contributed by atoms with E-state index in [0.717, 1.165) is 29.8 Å². The summed E-state index contributed by atoms with van der Waals surface area (Å²) in [6.07, 6.45) is 2.43. The van der Waals surface area contributed by atoms with Crippen LogP contribution in [-0.4, -0.2) is 28.8 Å². The van der Waals surface area contributed by atoms with Crippen LogP contribution in [0, 0.1) is 11.3 Å². The maximum Gasteiger partial charge on any atom is 0.0918 e. The minimum absolute atomic E-state index is 0.243. The Morgan fingerprint density at radius 3 is 2.72 bits per heavy atom. The molecular weight excluding hydrogens is 292 g/mol. The van der Waals surface area contributed by atoms with Crippen LogP contribution in [0.5, 0.6) is 0 Å². The van der Waals surface area contributed by atoms with Gasteiger partial charge in [0, 0.05) is 36.7 Å². The molecule has 0 atom stereocenters. The first-order chi connectivity index (χ1) is 8.47. The van der Waals surface area contributed by atoms with Crippen molar-refractivity contribution in [1.29, 1.82) is 5.41 Å². The molecule has 1 aromatic heterocycles. The van der Waals surface area contributed by atoms with Crippen LogP contribution in [0.2, 0.25) is 0 Å². The summed E-state index contributed by atoms with van der Waals surface area (Å²) >= 11 is 3.38. The lowest BCUT2D eigenvalue weighted by molar-refractivity contribution is 0.239. The zero-order valence-corrected chi connectivity index (χ0v) is 12.6. The number of nitrogens with one attached hydrogen (secondary N) is 1. The standard InChI is InChI=1S/C13H21BrN4/c1-10(2)8-18(6-5-13(15)16)9-12-4-3-11(14)7-17-12/h3-4,7,10H,5-6,8-9H2,1-2H3,(H3,15,16). The van der Waals surface area contributed by atoms with Gasteiger partial charge < -0.3 is 5.73 Å². The highest BCUT2D eigenvalue weighted by Gasteiger charge is 2.09. The van der Waals surface area contributed by atoms with Crippen LogP contribution in [0.3, 0.4) is 0 Å². The Balaban J connectivity index is 2.59. The number of nitrogens with two attached hydrogens (primary N) is 1. The lowest BCUT2D eigenvalue weighted by atomic mass is 10.2. The van der Waals surface area contributed by atoms with Gasteiger partial charge in [0.2, 0.25) is 0 Å². The molecule has 0 unspecified atom stereocenters. The van der Waals surface area contributed by atoms with Gasteiger partial charge in [0.1, 0.15) is 0 Å². The lowest BCUT2D eigenvalue weighted by Gasteiger charge is -2.23. The van der Waals surface area contributed by atoms with Crippen LogP contribution in [0.1, 0.15) is 26.0 Å². The third-order valence-electron chi connectivity index (χ3n) is 2.49. The molecule has 0 amide bonds. The van der Waals surface area contributed by atoms with Crippen molar-refractivity contribution in [2.75, 3.05) is 13.1 Å². The molecule has 4 nitrogen and oxygen atoms in total. The summed E-state index contributed by atoms with van der Waals surface area (Å²) in [6.45, 7) is 6.99. The fourth-order valence-electron chi connectivity index (χ4n) is 1.76. The van der Waals surface area contributed by atoms with Crippen molar-refractivity contribution in [1.82, 2.24) is 9.88 Å². The van der Waals surface area contributed by atoms with E-state index in [1.165, 1.54) is 0 Å². The number of nitrogens with zero attached hydrogens (tertiary/aromatic N) is 2. The average Bonchev–Trinajstić information content (AvgIpc) is 2.28. The molecule has 0 saturated heterocycles. The van der Waals surface area contributed by atoms with Crippen LogP contribution >= 0.6 is 15.9 Å². The van der Waals surface area contributed by atoms with Crippen molar-refractivity contribution in [3.05, 3.63) is 28.5 Å². The molecule has 0 aliphatic rings. The van der Waals surface area contributed by atoms with Gasteiger partial charge in [-0.3, -0.25) is 15.3 Å². The van der Waals surface area contributed by atoms with E-state index in [-0.39, 0.29) is 5.84 Å². The lowest BCUT2D eigenvalue weighted by Crippen LogP contribution is -2.31. The van der Waals surface area contributed by atoms with Gasteiger partial charge in [0.25, 0.3) is 0 Å². The van der Waals surface area contributed by atoms with Gasteiger partial charge in [0.15, 0.2) is 0 Å². The summed E-state index contributed by atoms with van der Waals surface area (Å²) < 4.78 is 0.991. The molecule has 1 aromatic rings. The molecule has 18 heavy (non-hydrogen) atoms. The molecule has 0 bridgehead atoms. The van der Waals surface area contributed by atoms with Gasteiger partial charge in [-0.05, 0) is 34.0 Å². The number of hydrogen-bond acceptors (Lipinski definition) is 3. The van der Waals surface area contributed by atoms with Gasteiger partial charge in [-0.2, -0.15) is 0 Å². The number of halogens is 1. The maximum atomic E-state index is 7.31. The normalized spacial score (nSPS) is 11.2. The molecular formula is C13H21BrN4. The Hall–Kier alpha value is -0.940. The van der Waals surface area contributed by atoms with Crippen molar-refractivity contribution < 1.29 is 0 Å². The minimum atomic E-state index is 0.243. The molecule has 5 heteroatoms. The number of aromatic nitrogens is 1. The minimum Gasteiger partial charge on any atom is -0.388 e. The molecule has 0 fully saturated rings. The van der Waals surface area contributed by atoms with Crippen LogP contribution in [0.4, 0.5) is 0 Å². The van der Waals surface area contributed by atoms with E-state index in [4.69, 9.17) is 11.1 Å². The Morgan fingerprint density at radius 1 is 1.50 bits per heavy atom. The Labute approximate surface area is 117 Å². The number of hydrogen-bond donors (Lipinski definition) is 2. The molecule has 0 aliphatic carbocycles. The third kappa shape index (κ3) is 6.12. The predicted octanol–water partition coefficient (Wildman–Crippen LogP) is 2.63. The highest BCUT2D eigenvalue weighted by Crippen LogP contribution is 2.10. The summed E-state index contributed by atoms with van der Waals surface area (Å²) in [5.74, 6) is 0.833. The topological polar surface area (TPSA) is 66.0 Å². The van der Waals surface area contributed by atoms with E-state index in [9.17, 15) is 0 Å². The van der Waals surface area contributed by atoms with E-state index in [2.05, 4.69) is 39.7 Å². The average molecular weight is 313 g/mol. The zero-order chi connectivity index (χ0) is 13.5. The van der Waals surface area contributed by atoms with Gasteiger partial charge in [-0.1, -0.05) is 13.8 Å². The van der Waals surface area contributed by atoms with Crippen molar-refractivity contribution in [3.8, 4) is 0 Å². The summed E-state index contributed by atoms with van der Waals surface area (Å²) in [5, 5.41) is 7.31. The SMILES string of the molecule is CC(C)CN(CCC(=N)N)Cc1ccc(Br)cn1. The smallest absolute Gasteiger partial charge is 0.0918 e. The highest BCUT2D eigenvalue weighted by atomic mass is 79.9. The van der Waals surface area contributed by atoms with E-state index < -0.39 is 0 Å². The Morgan fingerprint density at radius 2 is 2.22 bits per heavy atom. The number of pyridine rings is 1. The summed E-state index contributed by atoms with van der Waals surface area (Å²) in [6, 6.07) is 4.02. The van der Waals surface area contributed by atoms with Gasteiger partial charge in [-0.15, -0.1) is 0 Å². The van der Waals surface area contributed by atoms with E-state index in [1.54, 1.807) is 0 Å². The third-order valence-corrected chi connectivity index (χ3v) is 2.96. The van der Waals surface area contributed by atoms with Crippen LogP contribution in [0.15, 0.2) is 22.8 Å². The fraction of sp³-hybridized carbons (Fsp3) is 0.538. The van der Waals surface area contributed by atoms with E-state index >= 15 is 0 Å². The largest absolute Gasteiger partial charge is 0.388 e. The molecule has 0 aliphatic heterocycles. The molecule has 3 N–H and O–H groups in total. The Bertz CT molecular complexity index is 375. The molecule has 1 rings (SSSR count). The van der Waals surface area contributed by atoms with Gasteiger partial charge >= 0.3 is 0 Å². The quantitative estimate of drug-likeness (QED) is 0.601. The second-order valence-electron chi connectivity index (χ2n) is 4.87. The number of rotatable bonds is 7. The molecule has 0 saturated carbocycles. The van der Waals surface area contributed by atoms with Crippen LogP contribution in [0.25, 0.3) is 0 Å². The summed E-state index contributed by atoms with van der Waals surface area (Å²) in [4.78, 5) is 6.67. The van der Waals surface area contributed by atoms with Crippen molar-refractivity contribution in [2.45, 2.75) is 26.8 Å². The summed E-state index contributed by atoms with van der Waals surface area (Å²) in [7, 11) is 0. The first-order valence-electron chi connectivity index (χ1n) is 6.13. The molecule has 0 spiro atoms. The molecule has 0 radical (unpaired) electrons. The van der Waals surface area contributed by atoms with Crippen molar-refractivity contribution >= 4 is 21.8 Å². The fourth-order valence-corrected chi connectivity index (χ4v) is 1.99. The van der Waals surface area contributed by atoms with E-state index in [1.807, 2.05) is 18.3 Å². The van der Waals surface area contributed by atoms with E-state index in [0.29, 0.717) is 12.3 Å². The molecule has 0 aromatic carbocycles. The second-order valence-corrected chi connectivity index (χ2v) is 5.79. The second kappa shape index (κ2) is 7.48. The zero-order valence-electron chi connectivity index (χ0n) is 11.0. The number of amidine groups is 1. The highest BCUT2D eigenvalue weighted by molar-refractivity contribution is 9.10. The van der Waals surface area contributed by atoms with Crippen LogP contribution in [-0.2, 0) is 6.54 Å². The Kier molecular flexibility index (Phi) is 6.29.